The van der Waals surface area contributed by atoms with Crippen molar-refractivity contribution in [1.82, 2.24) is 4.90 Å². The standard InChI is InChI=1S/C9H19NO3S/c1-3-9(11)6-10-4-5-14(12,13)7-8(10)2/h8-9,11H,3-7H2,1-2H3/t8?,9-/m1/s1. The Balaban J connectivity index is 2.50. The Kier molecular flexibility index (Phi) is 3.92. The van der Waals surface area contributed by atoms with E-state index in [1.807, 2.05) is 13.8 Å². The molecule has 1 fully saturated rings. The van der Waals surface area contributed by atoms with E-state index in [-0.39, 0.29) is 23.7 Å². The molecular weight excluding hydrogens is 202 g/mol. The van der Waals surface area contributed by atoms with Gasteiger partial charge in [0.1, 0.15) is 0 Å². The van der Waals surface area contributed by atoms with Gasteiger partial charge in [0.2, 0.25) is 0 Å². The lowest BCUT2D eigenvalue weighted by Gasteiger charge is -2.34. The summed E-state index contributed by atoms with van der Waals surface area (Å²) in [4.78, 5) is 2.05. The molecule has 0 amide bonds. The van der Waals surface area contributed by atoms with E-state index in [9.17, 15) is 13.5 Å². The van der Waals surface area contributed by atoms with Gasteiger partial charge in [-0.1, -0.05) is 6.92 Å². The Hall–Kier alpha value is -0.130. The minimum atomic E-state index is -2.83. The van der Waals surface area contributed by atoms with Gasteiger partial charge in [0, 0.05) is 19.1 Å². The molecule has 1 N–H and O–H groups in total. The molecule has 1 unspecified atom stereocenters. The number of nitrogens with zero attached hydrogens (tertiary/aromatic N) is 1. The molecule has 1 rings (SSSR count). The van der Waals surface area contributed by atoms with Gasteiger partial charge in [-0.15, -0.1) is 0 Å². The summed E-state index contributed by atoms with van der Waals surface area (Å²) in [5, 5.41) is 9.47. The zero-order chi connectivity index (χ0) is 10.8. The van der Waals surface area contributed by atoms with E-state index in [0.717, 1.165) is 6.42 Å². The first kappa shape index (κ1) is 11.9. The summed E-state index contributed by atoms with van der Waals surface area (Å²) < 4.78 is 22.5. The quantitative estimate of drug-likeness (QED) is 0.721. The maximum absolute atomic E-state index is 11.3. The van der Waals surface area contributed by atoms with Crippen molar-refractivity contribution in [2.24, 2.45) is 0 Å². The first-order chi connectivity index (χ1) is 6.44. The highest BCUT2D eigenvalue weighted by atomic mass is 32.2. The van der Waals surface area contributed by atoms with Crippen molar-refractivity contribution in [3.05, 3.63) is 0 Å². The molecule has 0 aromatic heterocycles. The Morgan fingerprint density at radius 2 is 2.21 bits per heavy atom. The van der Waals surface area contributed by atoms with Gasteiger partial charge in [0.25, 0.3) is 0 Å². The lowest BCUT2D eigenvalue weighted by Crippen LogP contribution is -2.49. The second-order valence-electron chi connectivity index (χ2n) is 4.02. The van der Waals surface area contributed by atoms with Gasteiger partial charge in [0.05, 0.1) is 17.6 Å². The molecule has 1 aliphatic heterocycles. The third-order valence-electron chi connectivity index (χ3n) is 2.72. The average molecular weight is 221 g/mol. The van der Waals surface area contributed by atoms with Crippen molar-refractivity contribution in [2.75, 3.05) is 24.6 Å². The first-order valence-corrected chi connectivity index (χ1v) is 6.89. The van der Waals surface area contributed by atoms with Crippen LogP contribution in [-0.2, 0) is 9.84 Å². The highest BCUT2D eigenvalue weighted by Gasteiger charge is 2.28. The third-order valence-corrected chi connectivity index (χ3v) is 4.52. The van der Waals surface area contributed by atoms with Crippen LogP contribution in [0.3, 0.4) is 0 Å². The molecule has 1 heterocycles. The molecule has 4 nitrogen and oxygen atoms in total. The largest absolute Gasteiger partial charge is 0.392 e. The molecule has 0 saturated carbocycles. The maximum Gasteiger partial charge on any atom is 0.153 e. The van der Waals surface area contributed by atoms with Crippen LogP contribution in [0.4, 0.5) is 0 Å². The predicted molar refractivity (Wildman–Crippen MR) is 56.0 cm³/mol. The SMILES string of the molecule is CC[C@@H](O)CN1CCS(=O)(=O)CC1C. The van der Waals surface area contributed by atoms with Crippen LogP contribution in [0.1, 0.15) is 20.3 Å². The van der Waals surface area contributed by atoms with Crippen molar-refractivity contribution >= 4 is 9.84 Å². The number of aliphatic hydroxyl groups is 1. The summed E-state index contributed by atoms with van der Waals surface area (Å²) in [6.45, 7) is 4.98. The number of rotatable bonds is 3. The second-order valence-corrected chi connectivity index (χ2v) is 6.25. The molecule has 5 heteroatoms. The van der Waals surface area contributed by atoms with Crippen molar-refractivity contribution in [3.63, 3.8) is 0 Å². The molecule has 0 bridgehead atoms. The van der Waals surface area contributed by atoms with E-state index in [4.69, 9.17) is 0 Å². The molecular formula is C9H19NO3S. The Morgan fingerprint density at radius 3 is 2.71 bits per heavy atom. The molecule has 1 aliphatic rings. The normalized spacial score (nSPS) is 30.1. The molecule has 0 aromatic carbocycles. The molecule has 84 valence electrons. The van der Waals surface area contributed by atoms with Crippen molar-refractivity contribution < 1.29 is 13.5 Å². The number of hydrogen-bond acceptors (Lipinski definition) is 4. The maximum atomic E-state index is 11.3. The van der Waals surface area contributed by atoms with Crippen LogP contribution in [0.15, 0.2) is 0 Å². The fourth-order valence-corrected chi connectivity index (χ4v) is 3.33. The van der Waals surface area contributed by atoms with Crippen molar-refractivity contribution in [2.45, 2.75) is 32.4 Å². The van der Waals surface area contributed by atoms with Gasteiger partial charge in [-0.3, -0.25) is 4.90 Å². The van der Waals surface area contributed by atoms with Gasteiger partial charge in [-0.2, -0.15) is 0 Å². The third kappa shape index (κ3) is 3.22. The van der Waals surface area contributed by atoms with E-state index in [1.54, 1.807) is 0 Å². The molecule has 14 heavy (non-hydrogen) atoms. The van der Waals surface area contributed by atoms with Gasteiger partial charge < -0.3 is 5.11 Å². The van der Waals surface area contributed by atoms with E-state index in [1.165, 1.54) is 0 Å². The van der Waals surface area contributed by atoms with Crippen LogP contribution in [0.2, 0.25) is 0 Å². The fraction of sp³-hybridized carbons (Fsp3) is 1.00. The molecule has 0 aliphatic carbocycles. The molecule has 1 saturated heterocycles. The van der Waals surface area contributed by atoms with E-state index < -0.39 is 9.84 Å². The number of sulfone groups is 1. The van der Waals surface area contributed by atoms with E-state index in [2.05, 4.69) is 4.90 Å². The van der Waals surface area contributed by atoms with Crippen LogP contribution in [0.5, 0.6) is 0 Å². The second kappa shape index (κ2) is 4.59. The lowest BCUT2D eigenvalue weighted by molar-refractivity contribution is 0.0945. The van der Waals surface area contributed by atoms with Crippen LogP contribution >= 0.6 is 0 Å². The summed E-state index contributed by atoms with van der Waals surface area (Å²) in [6.07, 6.45) is 0.383. The van der Waals surface area contributed by atoms with Crippen molar-refractivity contribution in [1.29, 1.82) is 0 Å². The number of β-amino-alcohol motifs (C(OH)–C–C–N with tert-alkyl or cyclic N) is 1. The fourth-order valence-electron chi connectivity index (χ4n) is 1.70. The van der Waals surface area contributed by atoms with Crippen LogP contribution in [0, 0.1) is 0 Å². The van der Waals surface area contributed by atoms with Gasteiger partial charge in [-0.05, 0) is 13.3 Å². The summed E-state index contributed by atoms with van der Waals surface area (Å²) in [5.41, 5.74) is 0. The van der Waals surface area contributed by atoms with E-state index >= 15 is 0 Å². The summed E-state index contributed by atoms with van der Waals surface area (Å²) in [7, 11) is -2.83. The topological polar surface area (TPSA) is 57.6 Å². The van der Waals surface area contributed by atoms with Crippen LogP contribution in [0.25, 0.3) is 0 Å². The highest BCUT2D eigenvalue weighted by molar-refractivity contribution is 7.91. The average Bonchev–Trinajstić information content (AvgIpc) is 2.09. The van der Waals surface area contributed by atoms with Gasteiger partial charge in [0.15, 0.2) is 9.84 Å². The number of hydrogen-bond donors (Lipinski definition) is 1. The highest BCUT2D eigenvalue weighted by Crippen LogP contribution is 2.12. The molecule has 0 spiro atoms. The lowest BCUT2D eigenvalue weighted by atomic mass is 10.2. The summed E-state index contributed by atoms with van der Waals surface area (Å²) >= 11 is 0. The van der Waals surface area contributed by atoms with Gasteiger partial charge >= 0.3 is 0 Å². The Bertz CT molecular complexity index is 276. The Labute approximate surface area is 85.8 Å². The molecule has 0 aromatic rings. The Morgan fingerprint density at radius 1 is 1.57 bits per heavy atom. The monoisotopic (exact) mass is 221 g/mol. The van der Waals surface area contributed by atoms with Gasteiger partial charge in [-0.25, -0.2) is 8.42 Å². The van der Waals surface area contributed by atoms with Crippen LogP contribution in [-0.4, -0.2) is 55.2 Å². The van der Waals surface area contributed by atoms with E-state index in [0.29, 0.717) is 13.1 Å². The zero-order valence-corrected chi connectivity index (χ0v) is 9.63. The zero-order valence-electron chi connectivity index (χ0n) is 8.81. The minimum Gasteiger partial charge on any atom is -0.392 e. The smallest absolute Gasteiger partial charge is 0.153 e. The first-order valence-electron chi connectivity index (χ1n) is 5.07. The predicted octanol–water partition coefficient (Wildman–Crippen LogP) is -0.124. The summed E-state index contributed by atoms with van der Waals surface area (Å²) in [5.74, 6) is 0.456. The van der Waals surface area contributed by atoms with Crippen LogP contribution < -0.4 is 0 Å². The molecule has 2 atom stereocenters. The summed E-state index contributed by atoms with van der Waals surface area (Å²) in [6, 6.07) is 0.0370. The van der Waals surface area contributed by atoms with Crippen molar-refractivity contribution in [3.8, 4) is 0 Å². The number of aliphatic hydroxyl groups excluding tert-OH is 1. The molecule has 0 radical (unpaired) electrons. The minimum absolute atomic E-state index is 0.0370.